The van der Waals surface area contributed by atoms with Gasteiger partial charge in [0, 0.05) is 47.6 Å². The van der Waals surface area contributed by atoms with Crippen LogP contribution >= 0.6 is 23.2 Å². The van der Waals surface area contributed by atoms with E-state index in [1.54, 1.807) is 26.6 Å². The van der Waals surface area contributed by atoms with Gasteiger partial charge in [-0.2, -0.15) is 0 Å². The van der Waals surface area contributed by atoms with Crippen molar-refractivity contribution in [1.29, 1.82) is 0 Å². The fraction of sp³-hybridized carbons (Fsp3) is 0.227. The number of ether oxygens (including phenoxy) is 2. The molecule has 0 amide bonds. The maximum Gasteiger partial charge on any atom is 0.161 e. The molecule has 0 spiro atoms. The molecule has 0 saturated carbocycles. The van der Waals surface area contributed by atoms with Gasteiger partial charge in [0.2, 0.25) is 0 Å². The standard InChI is InChI=1S/C22H22Cl2N2O2/c1-27-21-7-6-17(12-22(21)28-2)14-26(13-16-8-10-25-11-9-16)15-18-19(23)4-3-5-20(18)24/h3-12H,13-15H2,1-2H3. The number of halogens is 2. The Morgan fingerprint density at radius 1 is 0.786 bits per heavy atom. The lowest BCUT2D eigenvalue weighted by Gasteiger charge is -2.24. The van der Waals surface area contributed by atoms with E-state index in [0.29, 0.717) is 34.6 Å². The van der Waals surface area contributed by atoms with Gasteiger partial charge < -0.3 is 9.47 Å². The van der Waals surface area contributed by atoms with Crippen LogP contribution in [-0.4, -0.2) is 24.1 Å². The van der Waals surface area contributed by atoms with Crippen LogP contribution in [0.3, 0.4) is 0 Å². The molecular weight excluding hydrogens is 395 g/mol. The molecule has 0 aliphatic heterocycles. The Bertz CT molecular complexity index is 899. The van der Waals surface area contributed by atoms with Crippen LogP contribution in [0.15, 0.2) is 60.9 Å². The minimum absolute atomic E-state index is 0.620. The first-order valence-electron chi connectivity index (χ1n) is 8.85. The lowest BCUT2D eigenvalue weighted by molar-refractivity contribution is 0.247. The first-order chi connectivity index (χ1) is 13.6. The predicted octanol–water partition coefficient (Wildman–Crippen LogP) is 5.61. The van der Waals surface area contributed by atoms with Gasteiger partial charge in [0.05, 0.1) is 14.2 Å². The van der Waals surface area contributed by atoms with Gasteiger partial charge in [0.25, 0.3) is 0 Å². The molecule has 0 bridgehead atoms. The molecule has 28 heavy (non-hydrogen) atoms. The Morgan fingerprint density at radius 2 is 1.43 bits per heavy atom. The van der Waals surface area contributed by atoms with E-state index in [1.807, 2.05) is 48.5 Å². The van der Waals surface area contributed by atoms with Gasteiger partial charge in [0.1, 0.15) is 0 Å². The van der Waals surface area contributed by atoms with E-state index in [2.05, 4.69) is 9.88 Å². The highest BCUT2D eigenvalue weighted by Crippen LogP contribution is 2.30. The number of nitrogens with zero attached hydrogens (tertiary/aromatic N) is 2. The van der Waals surface area contributed by atoms with E-state index in [1.165, 1.54) is 5.56 Å². The second-order valence-electron chi connectivity index (χ2n) is 6.39. The molecule has 1 heterocycles. The predicted molar refractivity (Wildman–Crippen MR) is 113 cm³/mol. The number of pyridine rings is 1. The van der Waals surface area contributed by atoms with E-state index in [9.17, 15) is 0 Å². The number of methoxy groups -OCH3 is 2. The minimum Gasteiger partial charge on any atom is -0.493 e. The molecule has 4 nitrogen and oxygen atoms in total. The van der Waals surface area contributed by atoms with Gasteiger partial charge in [-0.25, -0.2) is 0 Å². The lowest BCUT2D eigenvalue weighted by atomic mass is 10.1. The topological polar surface area (TPSA) is 34.6 Å². The second kappa shape index (κ2) is 9.78. The van der Waals surface area contributed by atoms with Crippen molar-refractivity contribution < 1.29 is 9.47 Å². The molecule has 0 N–H and O–H groups in total. The SMILES string of the molecule is COc1ccc(CN(Cc2ccncc2)Cc2c(Cl)cccc2Cl)cc1OC. The number of benzene rings is 2. The van der Waals surface area contributed by atoms with Gasteiger partial charge in [-0.15, -0.1) is 0 Å². The highest BCUT2D eigenvalue weighted by Gasteiger charge is 2.14. The smallest absolute Gasteiger partial charge is 0.161 e. The molecular formula is C22H22Cl2N2O2. The average Bonchev–Trinajstić information content (AvgIpc) is 2.71. The van der Waals surface area contributed by atoms with E-state index in [-0.39, 0.29) is 0 Å². The summed E-state index contributed by atoms with van der Waals surface area (Å²) < 4.78 is 10.8. The molecule has 6 heteroatoms. The van der Waals surface area contributed by atoms with Crippen LogP contribution < -0.4 is 9.47 Å². The van der Waals surface area contributed by atoms with Gasteiger partial charge in [0.15, 0.2) is 11.5 Å². The van der Waals surface area contributed by atoms with E-state index in [0.717, 1.165) is 17.7 Å². The molecule has 0 saturated heterocycles. The molecule has 0 fully saturated rings. The average molecular weight is 417 g/mol. The van der Waals surface area contributed by atoms with Crippen molar-refractivity contribution in [3.05, 3.63) is 87.7 Å². The van der Waals surface area contributed by atoms with Crippen molar-refractivity contribution in [1.82, 2.24) is 9.88 Å². The fourth-order valence-electron chi connectivity index (χ4n) is 3.06. The normalized spacial score (nSPS) is 10.9. The number of hydrogen-bond donors (Lipinski definition) is 0. The molecule has 1 aromatic heterocycles. The van der Waals surface area contributed by atoms with Crippen LogP contribution in [0.25, 0.3) is 0 Å². The summed E-state index contributed by atoms with van der Waals surface area (Å²) in [5, 5.41) is 1.33. The van der Waals surface area contributed by atoms with Crippen LogP contribution in [0, 0.1) is 0 Å². The molecule has 0 aliphatic rings. The quantitative estimate of drug-likeness (QED) is 0.477. The summed E-state index contributed by atoms with van der Waals surface area (Å²) in [5.41, 5.74) is 3.19. The summed E-state index contributed by atoms with van der Waals surface area (Å²) in [6, 6.07) is 15.6. The largest absolute Gasteiger partial charge is 0.493 e. The lowest BCUT2D eigenvalue weighted by Crippen LogP contribution is -2.23. The Balaban J connectivity index is 1.88. The highest BCUT2D eigenvalue weighted by molar-refractivity contribution is 6.35. The third-order valence-electron chi connectivity index (χ3n) is 4.45. The van der Waals surface area contributed by atoms with Crippen LogP contribution in [0.5, 0.6) is 11.5 Å². The van der Waals surface area contributed by atoms with Crippen molar-refractivity contribution in [2.45, 2.75) is 19.6 Å². The maximum atomic E-state index is 6.41. The zero-order valence-electron chi connectivity index (χ0n) is 15.9. The van der Waals surface area contributed by atoms with Gasteiger partial charge >= 0.3 is 0 Å². The third-order valence-corrected chi connectivity index (χ3v) is 5.16. The molecule has 0 aliphatic carbocycles. The first kappa shape index (κ1) is 20.5. The molecule has 0 radical (unpaired) electrons. The van der Waals surface area contributed by atoms with Gasteiger partial charge in [-0.1, -0.05) is 35.3 Å². The molecule has 2 aromatic carbocycles. The van der Waals surface area contributed by atoms with Crippen LogP contribution in [0.1, 0.15) is 16.7 Å². The molecule has 146 valence electrons. The van der Waals surface area contributed by atoms with Gasteiger partial charge in [-0.3, -0.25) is 9.88 Å². The molecule has 3 rings (SSSR count). The summed E-state index contributed by atoms with van der Waals surface area (Å²) in [7, 11) is 3.27. The summed E-state index contributed by atoms with van der Waals surface area (Å²) in [5.74, 6) is 1.42. The van der Waals surface area contributed by atoms with Crippen molar-refractivity contribution in [2.75, 3.05) is 14.2 Å². The van der Waals surface area contributed by atoms with E-state index >= 15 is 0 Å². The van der Waals surface area contributed by atoms with Crippen molar-refractivity contribution >= 4 is 23.2 Å². The number of rotatable bonds is 8. The summed E-state index contributed by atoms with van der Waals surface area (Å²) in [6.07, 6.45) is 3.60. The molecule has 3 aromatic rings. The Kier molecular flexibility index (Phi) is 7.15. The third kappa shape index (κ3) is 5.16. The van der Waals surface area contributed by atoms with E-state index in [4.69, 9.17) is 32.7 Å². The second-order valence-corrected chi connectivity index (χ2v) is 7.20. The Labute approximate surface area is 175 Å². The van der Waals surface area contributed by atoms with E-state index < -0.39 is 0 Å². The van der Waals surface area contributed by atoms with Crippen molar-refractivity contribution in [2.24, 2.45) is 0 Å². The van der Waals surface area contributed by atoms with Crippen molar-refractivity contribution in [3.8, 4) is 11.5 Å². The van der Waals surface area contributed by atoms with Crippen LogP contribution in [0.2, 0.25) is 10.0 Å². The summed E-state index contributed by atoms with van der Waals surface area (Å²) >= 11 is 12.8. The minimum atomic E-state index is 0.620. The fourth-order valence-corrected chi connectivity index (χ4v) is 3.58. The van der Waals surface area contributed by atoms with Gasteiger partial charge in [-0.05, 0) is 47.5 Å². The molecule has 0 unspecified atom stereocenters. The summed E-state index contributed by atoms with van der Waals surface area (Å²) in [6.45, 7) is 2.05. The Hall–Kier alpha value is -2.27. The first-order valence-corrected chi connectivity index (χ1v) is 9.61. The number of aromatic nitrogens is 1. The van der Waals surface area contributed by atoms with Crippen LogP contribution in [-0.2, 0) is 19.6 Å². The zero-order chi connectivity index (χ0) is 19.9. The number of hydrogen-bond acceptors (Lipinski definition) is 4. The summed E-state index contributed by atoms with van der Waals surface area (Å²) in [4.78, 5) is 6.38. The maximum absolute atomic E-state index is 6.41. The zero-order valence-corrected chi connectivity index (χ0v) is 17.4. The van der Waals surface area contributed by atoms with Crippen molar-refractivity contribution in [3.63, 3.8) is 0 Å². The van der Waals surface area contributed by atoms with Crippen LogP contribution in [0.4, 0.5) is 0 Å². The monoisotopic (exact) mass is 416 g/mol. The molecule has 0 atom stereocenters. The Morgan fingerprint density at radius 3 is 2.07 bits per heavy atom. The highest BCUT2D eigenvalue weighted by atomic mass is 35.5.